The van der Waals surface area contributed by atoms with Crippen molar-refractivity contribution in [3.63, 3.8) is 0 Å². The topological polar surface area (TPSA) is 54.3 Å². The van der Waals surface area contributed by atoms with Crippen molar-refractivity contribution in [3.8, 4) is 5.69 Å². The molecular weight excluding hydrogens is 345 g/mol. The van der Waals surface area contributed by atoms with E-state index in [0.29, 0.717) is 30.0 Å². The Morgan fingerprint density at radius 2 is 1.74 bits per heavy atom. The monoisotopic (exact) mass is 365 g/mol. The van der Waals surface area contributed by atoms with E-state index < -0.39 is 0 Å². The standard InChI is InChI=1S/C20H20FN5O/c1-15-13-17(7-8-18(15)21)26-14-19(22-23-26)20(27)25-11-9-24(10-12-25)16-5-3-2-4-6-16/h2-8,13-14H,9-12H2,1H3. The highest BCUT2D eigenvalue weighted by Gasteiger charge is 2.24. The molecule has 7 heteroatoms. The molecule has 0 aliphatic carbocycles. The van der Waals surface area contributed by atoms with Crippen molar-refractivity contribution in [2.24, 2.45) is 0 Å². The fourth-order valence-electron chi connectivity index (χ4n) is 3.23. The fraction of sp³-hybridized carbons (Fsp3) is 0.250. The minimum Gasteiger partial charge on any atom is -0.368 e. The van der Waals surface area contributed by atoms with Crippen LogP contribution < -0.4 is 4.90 Å². The molecule has 1 aromatic heterocycles. The third-order valence-electron chi connectivity index (χ3n) is 4.81. The Hall–Kier alpha value is -3.22. The molecule has 2 heterocycles. The number of carbonyl (C=O) groups is 1. The quantitative estimate of drug-likeness (QED) is 0.716. The fourth-order valence-corrected chi connectivity index (χ4v) is 3.23. The van der Waals surface area contributed by atoms with Crippen LogP contribution in [0.2, 0.25) is 0 Å². The minimum absolute atomic E-state index is 0.132. The number of aryl methyl sites for hydroxylation is 1. The van der Waals surface area contributed by atoms with Gasteiger partial charge in [-0.25, -0.2) is 9.07 Å². The molecule has 2 aromatic carbocycles. The van der Waals surface area contributed by atoms with Gasteiger partial charge >= 0.3 is 0 Å². The molecular formula is C20H20FN5O. The number of aromatic nitrogens is 3. The average Bonchev–Trinajstić information content (AvgIpc) is 3.20. The van der Waals surface area contributed by atoms with Crippen molar-refractivity contribution in [2.75, 3.05) is 31.1 Å². The van der Waals surface area contributed by atoms with Gasteiger partial charge in [0.05, 0.1) is 11.9 Å². The summed E-state index contributed by atoms with van der Waals surface area (Å²) in [5.74, 6) is -0.403. The van der Waals surface area contributed by atoms with Crippen molar-refractivity contribution in [2.45, 2.75) is 6.92 Å². The van der Waals surface area contributed by atoms with E-state index in [1.54, 1.807) is 30.2 Å². The predicted octanol–water partition coefficient (Wildman–Crippen LogP) is 2.68. The molecule has 1 fully saturated rings. The first-order valence-electron chi connectivity index (χ1n) is 8.90. The number of nitrogens with zero attached hydrogens (tertiary/aromatic N) is 5. The summed E-state index contributed by atoms with van der Waals surface area (Å²) in [6.45, 7) is 4.52. The number of amides is 1. The Labute approximate surface area is 156 Å². The largest absolute Gasteiger partial charge is 0.368 e. The second-order valence-corrected chi connectivity index (χ2v) is 6.60. The third kappa shape index (κ3) is 3.53. The molecule has 0 N–H and O–H groups in total. The van der Waals surface area contributed by atoms with Gasteiger partial charge in [-0.3, -0.25) is 4.79 Å². The van der Waals surface area contributed by atoms with Crippen LogP contribution in [0.3, 0.4) is 0 Å². The van der Waals surface area contributed by atoms with Crippen LogP contribution >= 0.6 is 0 Å². The molecule has 138 valence electrons. The Morgan fingerprint density at radius 3 is 2.44 bits per heavy atom. The van der Waals surface area contributed by atoms with Crippen LogP contribution in [0, 0.1) is 12.7 Å². The maximum Gasteiger partial charge on any atom is 0.276 e. The van der Waals surface area contributed by atoms with Gasteiger partial charge in [0, 0.05) is 31.9 Å². The lowest BCUT2D eigenvalue weighted by Gasteiger charge is -2.35. The Bertz CT molecular complexity index is 948. The van der Waals surface area contributed by atoms with Crippen LogP contribution in [0.4, 0.5) is 10.1 Å². The van der Waals surface area contributed by atoms with Gasteiger partial charge in [0.15, 0.2) is 5.69 Å². The Balaban J connectivity index is 1.43. The van der Waals surface area contributed by atoms with Gasteiger partial charge in [-0.2, -0.15) is 0 Å². The average molecular weight is 365 g/mol. The highest BCUT2D eigenvalue weighted by molar-refractivity contribution is 5.92. The van der Waals surface area contributed by atoms with Crippen LogP contribution in [0.15, 0.2) is 54.7 Å². The summed E-state index contributed by atoms with van der Waals surface area (Å²) in [6.07, 6.45) is 1.60. The van der Waals surface area contributed by atoms with Crippen molar-refractivity contribution in [1.82, 2.24) is 19.9 Å². The maximum atomic E-state index is 13.4. The zero-order valence-corrected chi connectivity index (χ0v) is 15.0. The number of piperazine rings is 1. The summed E-state index contributed by atoms with van der Waals surface area (Å²) in [5, 5.41) is 8.03. The number of anilines is 1. The van der Waals surface area contributed by atoms with Crippen LogP contribution in [-0.2, 0) is 0 Å². The molecule has 0 atom stereocenters. The molecule has 0 unspecified atom stereocenters. The molecule has 0 saturated carbocycles. The first-order valence-corrected chi connectivity index (χ1v) is 8.90. The lowest BCUT2D eigenvalue weighted by molar-refractivity contribution is 0.0741. The van der Waals surface area contributed by atoms with E-state index in [1.807, 2.05) is 18.2 Å². The van der Waals surface area contributed by atoms with E-state index in [1.165, 1.54) is 16.4 Å². The minimum atomic E-state index is -0.272. The van der Waals surface area contributed by atoms with Gasteiger partial charge in [-0.15, -0.1) is 5.10 Å². The molecule has 4 rings (SSSR count). The van der Waals surface area contributed by atoms with Gasteiger partial charge in [0.25, 0.3) is 5.91 Å². The molecule has 0 radical (unpaired) electrons. The maximum absolute atomic E-state index is 13.4. The molecule has 3 aromatic rings. The number of hydrogen-bond acceptors (Lipinski definition) is 4. The van der Waals surface area contributed by atoms with E-state index >= 15 is 0 Å². The summed E-state index contributed by atoms with van der Waals surface area (Å²) in [4.78, 5) is 16.8. The number of para-hydroxylation sites is 1. The van der Waals surface area contributed by atoms with E-state index in [9.17, 15) is 9.18 Å². The van der Waals surface area contributed by atoms with E-state index in [2.05, 4.69) is 27.3 Å². The SMILES string of the molecule is Cc1cc(-n2cc(C(=O)N3CCN(c4ccccc4)CC3)nn2)ccc1F. The molecule has 6 nitrogen and oxygen atoms in total. The number of hydrogen-bond donors (Lipinski definition) is 0. The lowest BCUT2D eigenvalue weighted by Crippen LogP contribution is -2.48. The van der Waals surface area contributed by atoms with Crippen LogP contribution in [0.25, 0.3) is 5.69 Å². The van der Waals surface area contributed by atoms with Crippen LogP contribution in [-0.4, -0.2) is 52.0 Å². The summed E-state index contributed by atoms with van der Waals surface area (Å²) in [7, 11) is 0. The molecule has 1 aliphatic rings. The predicted molar refractivity (Wildman–Crippen MR) is 101 cm³/mol. The van der Waals surface area contributed by atoms with Crippen molar-refractivity contribution < 1.29 is 9.18 Å². The molecule has 0 spiro atoms. The zero-order chi connectivity index (χ0) is 18.8. The third-order valence-corrected chi connectivity index (χ3v) is 4.81. The van der Waals surface area contributed by atoms with Gasteiger partial charge in [0.2, 0.25) is 0 Å². The summed E-state index contributed by atoms with van der Waals surface area (Å²) in [5.41, 5.74) is 2.66. The number of carbonyl (C=O) groups excluding carboxylic acids is 1. The highest BCUT2D eigenvalue weighted by atomic mass is 19.1. The van der Waals surface area contributed by atoms with Gasteiger partial charge < -0.3 is 9.80 Å². The first kappa shape index (κ1) is 17.2. The second-order valence-electron chi connectivity index (χ2n) is 6.60. The molecule has 1 aliphatic heterocycles. The molecule has 27 heavy (non-hydrogen) atoms. The number of halogens is 1. The Morgan fingerprint density at radius 1 is 1.00 bits per heavy atom. The van der Waals surface area contributed by atoms with Gasteiger partial charge in [0.1, 0.15) is 5.82 Å². The molecule has 1 amide bonds. The first-order chi connectivity index (χ1) is 13.1. The normalized spacial score (nSPS) is 14.4. The summed E-state index contributed by atoms with van der Waals surface area (Å²) >= 11 is 0. The summed E-state index contributed by atoms with van der Waals surface area (Å²) < 4.78 is 14.9. The summed E-state index contributed by atoms with van der Waals surface area (Å²) in [6, 6.07) is 14.9. The van der Waals surface area contributed by atoms with E-state index in [-0.39, 0.29) is 11.7 Å². The molecule has 0 bridgehead atoms. The van der Waals surface area contributed by atoms with E-state index in [4.69, 9.17) is 0 Å². The van der Waals surface area contributed by atoms with Crippen LogP contribution in [0.5, 0.6) is 0 Å². The number of benzene rings is 2. The van der Waals surface area contributed by atoms with Crippen molar-refractivity contribution in [3.05, 3.63) is 71.8 Å². The van der Waals surface area contributed by atoms with Crippen molar-refractivity contribution >= 4 is 11.6 Å². The smallest absolute Gasteiger partial charge is 0.276 e. The van der Waals surface area contributed by atoms with E-state index in [0.717, 1.165) is 13.1 Å². The van der Waals surface area contributed by atoms with Gasteiger partial charge in [-0.1, -0.05) is 23.4 Å². The van der Waals surface area contributed by atoms with Crippen LogP contribution in [0.1, 0.15) is 16.1 Å². The number of rotatable bonds is 3. The lowest BCUT2D eigenvalue weighted by atomic mass is 10.2. The van der Waals surface area contributed by atoms with Crippen molar-refractivity contribution in [1.29, 1.82) is 0 Å². The Kier molecular flexibility index (Phi) is 4.58. The molecule has 1 saturated heterocycles. The zero-order valence-electron chi connectivity index (χ0n) is 15.0. The highest BCUT2D eigenvalue weighted by Crippen LogP contribution is 2.17. The second kappa shape index (κ2) is 7.19. The van der Waals surface area contributed by atoms with Gasteiger partial charge in [-0.05, 0) is 42.8 Å².